The molecule has 1 atom stereocenters. The van der Waals surface area contributed by atoms with Gasteiger partial charge in [-0.05, 0) is 66.8 Å². The maximum Gasteiger partial charge on any atom is 0.410 e. The third-order valence-corrected chi connectivity index (χ3v) is 3.53. The van der Waals surface area contributed by atoms with Gasteiger partial charge in [-0.25, -0.2) is 4.79 Å². The van der Waals surface area contributed by atoms with Gasteiger partial charge in [-0.15, -0.1) is 0 Å². The van der Waals surface area contributed by atoms with E-state index in [1.807, 2.05) is 25.7 Å². The highest BCUT2D eigenvalue weighted by Gasteiger charge is 2.27. The number of carbonyl (C=O) groups excluding carboxylic acids is 1. The van der Waals surface area contributed by atoms with E-state index in [2.05, 4.69) is 19.2 Å². The molecule has 1 fully saturated rings. The number of nitrogens with one attached hydrogen (secondary N) is 1. The van der Waals surface area contributed by atoms with Crippen molar-refractivity contribution < 1.29 is 14.3 Å². The van der Waals surface area contributed by atoms with Gasteiger partial charge < -0.3 is 19.7 Å². The number of likely N-dealkylation sites (tertiary alicyclic amines) is 1. The lowest BCUT2D eigenvalue weighted by atomic mass is 10.1. The smallest absolute Gasteiger partial charge is 0.410 e. The largest absolute Gasteiger partial charge is 0.444 e. The second-order valence-corrected chi connectivity index (χ2v) is 7.35. The van der Waals surface area contributed by atoms with Gasteiger partial charge in [0.2, 0.25) is 0 Å². The standard InChI is InChI=1S/C17H34N2O3/c1-14(2)21-12-7-6-10-18-15-9-8-11-19(13-15)16(20)22-17(3,4)5/h14-15,18H,6-13H2,1-5H3. The summed E-state index contributed by atoms with van der Waals surface area (Å²) in [7, 11) is 0. The van der Waals surface area contributed by atoms with Crippen LogP contribution in [0.1, 0.15) is 60.3 Å². The third kappa shape index (κ3) is 8.59. The predicted octanol–water partition coefficient (Wildman–Crippen LogP) is 3.18. The number of rotatable bonds is 7. The van der Waals surface area contributed by atoms with Crippen LogP contribution in [0.5, 0.6) is 0 Å². The first-order chi connectivity index (χ1) is 10.3. The second kappa shape index (κ2) is 9.36. The Hall–Kier alpha value is -0.810. The minimum atomic E-state index is -0.423. The Morgan fingerprint density at radius 2 is 2.05 bits per heavy atom. The van der Waals surface area contributed by atoms with Crippen LogP contribution in [0.15, 0.2) is 0 Å². The molecule has 1 saturated heterocycles. The minimum Gasteiger partial charge on any atom is -0.444 e. The average Bonchev–Trinajstić information content (AvgIpc) is 2.41. The number of hydrogen-bond acceptors (Lipinski definition) is 4. The zero-order valence-corrected chi connectivity index (χ0v) is 15.0. The van der Waals surface area contributed by atoms with E-state index < -0.39 is 5.60 Å². The van der Waals surface area contributed by atoms with Crippen molar-refractivity contribution in [3.8, 4) is 0 Å². The van der Waals surface area contributed by atoms with Crippen LogP contribution in [0, 0.1) is 0 Å². The summed E-state index contributed by atoms with van der Waals surface area (Å²) in [5.41, 5.74) is -0.423. The third-order valence-electron chi connectivity index (χ3n) is 3.53. The monoisotopic (exact) mass is 314 g/mol. The van der Waals surface area contributed by atoms with Crippen LogP contribution in [-0.2, 0) is 9.47 Å². The van der Waals surface area contributed by atoms with Gasteiger partial charge in [0.05, 0.1) is 6.10 Å². The maximum atomic E-state index is 12.1. The molecule has 1 amide bonds. The summed E-state index contributed by atoms with van der Waals surface area (Å²) < 4.78 is 11.0. The number of ether oxygens (including phenoxy) is 2. The summed E-state index contributed by atoms with van der Waals surface area (Å²) in [5, 5.41) is 3.55. The van der Waals surface area contributed by atoms with Crippen LogP contribution >= 0.6 is 0 Å². The van der Waals surface area contributed by atoms with Crippen LogP contribution < -0.4 is 5.32 Å². The Bertz CT molecular complexity index is 326. The fourth-order valence-electron chi connectivity index (χ4n) is 2.49. The number of unbranched alkanes of at least 4 members (excludes halogenated alkanes) is 1. The van der Waals surface area contributed by atoms with Crippen molar-refractivity contribution in [1.29, 1.82) is 0 Å². The first-order valence-electron chi connectivity index (χ1n) is 8.61. The van der Waals surface area contributed by atoms with Gasteiger partial charge in [0.15, 0.2) is 0 Å². The van der Waals surface area contributed by atoms with Crippen molar-refractivity contribution in [3.63, 3.8) is 0 Å². The molecule has 5 nitrogen and oxygen atoms in total. The van der Waals surface area contributed by atoms with Gasteiger partial charge in [-0.1, -0.05) is 0 Å². The molecule has 1 N–H and O–H groups in total. The van der Waals surface area contributed by atoms with Crippen molar-refractivity contribution in [2.75, 3.05) is 26.2 Å². The Labute approximate surface area is 135 Å². The van der Waals surface area contributed by atoms with Crippen molar-refractivity contribution in [2.45, 2.75) is 78.0 Å². The van der Waals surface area contributed by atoms with Crippen LogP contribution in [0.2, 0.25) is 0 Å². The highest BCUT2D eigenvalue weighted by Crippen LogP contribution is 2.15. The molecule has 0 aliphatic carbocycles. The summed E-state index contributed by atoms with van der Waals surface area (Å²) in [4.78, 5) is 13.9. The molecule has 1 aliphatic rings. The second-order valence-electron chi connectivity index (χ2n) is 7.35. The van der Waals surface area contributed by atoms with E-state index in [0.717, 1.165) is 51.9 Å². The Morgan fingerprint density at radius 3 is 2.68 bits per heavy atom. The summed E-state index contributed by atoms with van der Waals surface area (Å²) >= 11 is 0. The summed E-state index contributed by atoms with van der Waals surface area (Å²) in [5.74, 6) is 0. The van der Waals surface area contributed by atoms with E-state index in [1.165, 1.54) is 0 Å². The fraction of sp³-hybridized carbons (Fsp3) is 0.941. The maximum absolute atomic E-state index is 12.1. The molecule has 1 rings (SSSR count). The quantitative estimate of drug-likeness (QED) is 0.733. The molecule has 1 aliphatic heterocycles. The SMILES string of the molecule is CC(C)OCCCCNC1CCCN(C(=O)OC(C)(C)C)C1. The van der Waals surface area contributed by atoms with Gasteiger partial charge >= 0.3 is 6.09 Å². The highest BCUT2D eigenvalue weighted by atomic mass is 16.6. The number of hydrogen-bond donors (Lipinski definition) is 1. The lowest BCUT2D eigenvalue weighted by Gasteiger charge is -2.34. The van der Waals surface area contributed by atoms with Gasteiger partial charge in [0.25, 0.3) is 0 Å². The van der Waals surface area contributed by atoms with E-state index in [4.69, 9.17) is 9.47 Å². The van der Waals surface area contributed by atoms with Crippen LogP contribution in [-0.4, -0.2) is 55.0 Å². The topological polar surface area (TPSA) is 50.8 Å². The predicted molar refractivity (Wildman–Crippen MR) is 89.2 cm³/mol. The van der Waals surface area contributed by atoms with Gasteiger partial charge in [-0.2, -0.15) is 0 Å². The summed E-state index contributed by atoms with van der Waals surface area (Å²) in [6.07, 6.45) is 4.47. The average molecular weight is 314 g/mol. The molecule has 0 saturated carbocycles. The Balaban J connectivity index is 2.19. The minimum absolute atomic E-state index is 0.190. The number of nitrogens with zero attached hydrogens (tertiary/aromatic N) is 1. The van der Waals surface area contributed by atoms with Crippen LogP contribution in [0.3, 0.4) is 0 Å². The first-order valence-corrected chi connectivity index (χ1v) is 8.61. The lowest BCUT2D eigenvalue weighted by molar-refractivity contribution is 0.0187. The molecule has 0 aromatic carbocycles. The molecule has 0 aromatic heterocycles. The van der Waals surface area contributed by atoms with Crippen molar-refractivity contribution in [2.24, 2.45) is 0 Å². The normalized spacial score (nSPS) is 19.5. The van der Waals surface area contributed by atoms with Crippen molar-refractivity contribution in [1.82, 2.24) is 10.2 Å². The van der Waals surface area contributed by atoms with E-state index in [-0.39, 0.29) is 6.09 Å². The summed E-state index contributed by atoms with van der Waals surface area (Å²) in [6.45, 7) is 13.2. The summed E-state index contributed by atoms with van der Waals surface area (Å²) in [6, 6.07) is 0.382. The molecule has 0 aromatic rings. The molecule has 5 heteroatoms. The van der Waals surface area contributed by atoms with E-state index in [0.29, 0.717) is 12.1 Å². The van der Waals surface area contributed by atoms with Gasteiger partial charge in [-0.3, -0.25) is 0 Å². The molecule has 0 spiro atoms. The molecular formula is C17H34N2O3. The molecular weight excluding hydrogens is 280 g/mol. The van der Waals surface area contributed by atoms with Crippen LogP contribution in [0.4, 0.5) is 4.79 Å². The van der Waals surface area contributed by atoms with E-state index >= 15 is 0 Å². The first kappa shape index (κ1) is 19.2. The number of amides is 1. The highest BCUT2D eigenvalue weighted by molar-refractivity contribution is 5.68. The van der Waals surface area contributed by atoms with Crippen molar-refractivity contribution >= 4 is 6.09 Å². The van der Waals surface area contributed by atoms with E-state index in [1.54, 1.807) is 0 Å². The lowest BCUT2D eigenvalue weighted by Crippen LogP contribution is -2.49. The number of piperidine rings is 1. The molecule has 130 valence electrons. The molecule has 0 bridgehead atoms. The molecule has 1 unspecified atom stereocenters. The Kier molecular flexibility index (Phi) is 8.18. The number of carbonyl (C=O) groups is 1. The van der Waals surface area contributed by atoms with Gasteiger partial charge in [0, 0.05) is 25.7 Å². The van der Waals surface area contributed by atoms with Crippen molar-refractivity contribution in [3.05, 3.63) is 0 Å². The molecule has 1 heterocycles. The zero-order chi connectivity index (χ0) is 16.6. The molecule has 22 heavy (non-hydrogen) atoms. The molecule has 0 radical (unpaired) electrons. The fourth-order valence-corrected chi connectivity index (χ4v) is 2.49. The van der Waals surface area contributed by atoms with Crippen LogP contribution in [0.25, 0.3) is 0 Å². The van der Waals surface area contributed by atoms with E-state index in [9.17, 15) is 4.79 Å². The Morgan fingerprint density at radius 1 is 1.32 bits per heavy atom. The van der Waals surface area contributed by atoms with Gasteiger partial charge in [0.1, 0.15) is 5.60 Å². The zero-order valence-electron chi connectivity index (χ0n) is 15.0.